The largest absolute Gasteiger partial charge is 0.312 e. The van der Waals surface area contributed by atoms with Crippen molar-refractivity contribution in [3.05, 3.63) is 0 Å². The summed E-state index contributed by atoms with van der Waals surface area (Å²) in [5.74, 6) is 0.985. The van der Waals surface area contributed by atoms with Crippen molar-refractivity contribution in [3.8, 4) is 0 Å². The molecule has 0 radical (unpaired) electrons. The van der Waals surface area contributed by atoms with Crippen LogP contribution in [0.4, 0.5) is 0 Å². The Morgan fingerprint density at radius 1 is 1.45 bits per heavy atom. The van der Waals surface area contributed by atoms with Gasteiger partial charge in [0.05, 0.1) is 0 Å². The summed E-state index contributed by atoms with van der Waals surface area (Å²) in [6.07, 6.45) is 4.99. The highest BCUT2D eigenvalue weighted by Gasteiger charge is 2.31. The zero-order chi connectivity index (χ0) is 7.68. The molecule has 2 saturated heterocycles. The van der Waals surface area contributed by atoms with Crippen LogP contribution in [0.5, 0.6) is 0 Å². The fourth-order valence-corrected chi connectivity index (χ4v) is 2.77. The molecule has 0 aromatic heterocycles. The van der Waals surface area contributed by atoms with Gasteiger partial charge in [-0.15, -0.1) is 0 Å². The molecule has 2 nitrogen and oxygen atoms in total. The highest BCUT2D eigenvalue weighted by atomic mass is 32.2. The van der Waals surface area contributed by atoms with Crippen molar-refractivity contribution in [1.82, 2.24) is 9.62 Å². The molecule has 0 amide bonds. The molecule has 0 aromatic rings. The monoisotopic (exact) mass is 172 g/mol. The van der Waals surface area contributed by atoms with Crippen molar-refractivity contribution in [1.29, 1.82) is 0 Å². The lowest BCUT2D eigenvalue weighted by atomic mass is 9.94. The van der Waals surface area contributed by atoms with Gasteiger partial charge in [0.15, 0.2) is 0 Å². The van der Waals surface area contributed by atoms with Gasteiger partial charge in [0.2, 0.25) is 0 Å². The number of fused-ring (bicyclic) bond motifs is 1. The molecule has 0 spiro atoms. The Balaban J connectivity index is 1.91. The topological polar surface area (TPSA) is 15.3 Å². The standard InChI is InChI=1S/C8H16N2S/c1-11-10-5-3-7-2-4-9-8(7)6-10/h7-9H,2-6H2,1H3. The summed E-state index contributed by atoms with van der Waals surface area (Å²) in [6.45, 7) is 3.80. The highest BCUT2D eigenvalue weighted by Crippen LogP contribution is 2.27. The van der Waals surface area contributed by atoms with Crippen LogP contribution in [0.3, 0.4) is 0 Å². The number of hydrogen-bond acceptors (Lipinski definition) is 3. The lowest BCUT2D eigenvalue weighted by Crippen LogP contribution is -2.43. The van der Waals surface area contributed by atoms with Gasteiger partial charge in [-0.05, 0) is 31.6 Å². The van der Waals surface area contributed by atoms with E-state index in [1.807, 2.05) is 11.9 Å². The first-order chi connectivity index (χ1) is 5.40. The van der Waals surface area contributed by atoms with E-state index in [0.29, 0.717) is 0 Å². The Kier molecular flexibility index (Phi) is 2.39. The summed E-state index contributed by atoms with van der Waals surface area (Å²) in [7, 11) is 0. The normalized spacial score (nSPS) is 39.0. The molecule has 2 unspecified atom stereocenters. The van der Waals surface area contributed by atoms with Gasteiger partial charge in [0.25, 0.3) is 0 Å². The van der Waals surface area contributed by atoms with E-state index in [2.05, 4.69) is 15.9 Å². The zero-order valence-electron chi connectivity index (χ0n) is 7.05. The first kappa shape index (κ1) is 7.90. The Labute approximate surface area is 72.9 Å². The summed E-state index contributed by atoms with van der Waals surface area (Å²) in [4.78, 5) is 0. The molecule has 0 aromatic carbocycles. The van der Waals surface area contributed by atoms with E-state index in [0.717, 1.165) is 12.0 Å². The minimum absolute atomic E-state index is 0.802. The Morgan fingerprint density at radius 3 is 3.18 bits per heavy atom. The van der Waals surface area contributed by atoms with E-state index in [-0.39, 0.29) is 0 Å². The minimum Gasteiger partial charge on any atom is -0.312 e. The predicted octanol–water partition coefficient (Wildman–Crippen LogP) is 0.948. The maximum Gasteiger partial charge on any atom is 0.0246 e. The quantitative estimate of drug-likeness (QED) is 0.593. The van der Waals surface area contributed by atoms with E-state index in [1.165, 1.54) is 32.5 Å². The predicted molar refractivity (Wildman–Crippen MR) is 49.6 cm³/mol. The van der Waals surface area contributed by atoms with E-state index >= 15 is 0 Å². The van der Waals surface area contributed by atoms with Gasteiger partial charge in [-0.2, -0.15) is 0 Å². The van der Waals surface area contributed by atoms with Gasteiger partial charge in [0, 0.05) is 19.1 Å². The Bertz CT molecular complexity index is 140. The van der Waals surface area contributed by atoms with Gasteiger partial charge in [-0.1, -0.05) is 11.9 Å². The van der Waals surface area contributed by atoms with Crippen molar-refractivity contribution >= 4 is 11.9 Å². The first-order valence-electron chi connectivity index (χ1n) is 4.42. The lowest BCUT2D eigenvalue weighted by Gasteiger charge is -2.32. The fraction of sp³-hybridized carbons (Fsp3) is 1.00. The van der Waals surface area contributed by atoms with Crippen molar-refractivity contribution in [2.45, 2.75) is 18.9 Å². The van der Waals surface area contributed by atoms with E-state index in [9.17, 15) is 0 Å². The number of nitrogens with zero attached hydrogens (tertiary/aromatic N) is 1. The van der Waals surface area contributed by atoms with Gasteiger partial charge < -0.3 is 5.32 Å². The molecular weight excluding hydrogens is 156 g/mol. The Morgan fingerprint density at radius 2 is 2.36 bits per heavy atom. The van der Waals surface area contributed by atoms with Crippen LogP contribution >= 0.6 is 11.9 Å². The van der Waals surface area contributed by atoms with Gasteiger partial charge >= 0.3 is 0 Å². The van der Waals surface area contributed by atoms with Crippen molar-refractivity contribution in [3.63, 3.8) is 0 Å². The summed E-state index contributed by atoms with van der Waals surface area (Å²) < 4.78 is 2.47. The number of rotatable bonds is 1. The molecule has 11 heavy (non-hydrogen) atoms. The highest BCUT2D eigenvalue weighted by molar-refractivity contribution is 7.96. The third-order valence-corrected chi connectivity index (χ3v) is 3.75. The maximum atomic E-state index is 3.57. The maximum absolute atomic E-state index is 3.57. The molecule has 2 aliphatic heterocycles. The van der Waals surface area contributed by atoms with Crippen molar-refractivity contribution in [2.75, 3.05) is 25.9 Å². The molecule has 0 aliphatic carbocycles. The average molecular weight is 172 g/mol. The third-order valence-electron chi connectivity index (χ3n) is 2.90. The number of nitrogens with one attached hydrogen (secondary N) is 1. The van der Waals surface area contributed by atoms with Crippen LogP contribution in [-0.2, 0) is 0 Å². The first-order valence-corrected chi connectivity index (χ1v) is 5.61. The molecule has 1 N–H and O–H groups in total. The van der Waals surface area contributed by atoms with Crippen LogP contribution in [0.1, 0.15) is 12.8 Å². The molecule has 3 heteroatoms. The number of hydrogen-bond donors (Lipinski definition) is 1. The molecule has 2 heterocycles. The second kappa shape index (κ2) is 3.33. The van der Waals surface area contributed by atoms with E-state index in [4.69, 9.17) is 0 Å². The fourth-order valence-electron chi connectivity index (χ4n) is 2.17. The zero-order valence-corrected chi connectivity index (χ0v) is 7.86. The second-order valence-corrected chi connectivity index (χ2v) is 4.35. The van der Waals surface area contributed by atoms with Crippen LogP contribution in [0.15, 0.2) is 0 Å². The third kappa shape index (κ3) is 1.55. The van der Waals surface area contributed by atoms with Gasteiger partial charge in [-0.25, -0.2) is 4.31 Å². The molecule has 0 saturated carbocycles. The molecular formula is C8H16N2S. The molecule has 2 rings (SSSR count). The summed E-state index contributed by atoms with van der Waals surface area (Å²) in [5.41, 5.74) is 0. The summed E-state index contributed by atoms with van der Waals surface area (Å²) in [5, 5.41) is 3.57. The SMILES string of the molecule is CSN1CCC2CCNC2C1. The molecule has 2 fully saturated rings. The van der Waals surface area contributed by atoms with Gasteiger partial charge in [-0.3, -0.25) is 0 Å². The molecule has 0 bridgehead atoms. The average Bonchev–Trinajstić information content (AvgIpc) is 2.50. The van der Waals surface area contributed by atoms with E-state index in [1.54, 1.807) is 0 Å². The lowest BCUT2D eigenvalue weighted by molar-refractivity contribution is 0.265. The van der Waals surface area contributed by atoms with Crippen molar-refractivity contribution < 1.29 is 0 Å². The van der Waals surface area contributed by atoms with Crippen LogP contribution in [0, 0.1) is 5.92 Å². The summed E-state index contributed by atoms with van der Waals surface area (Å²) >= 11 is 1.89. The minimum atomic E-state index is 0.802. The van der Waals surface area contributed by atoms with Crippen LogP contribution in [0.25, 0.3) is 0 Å². The molecule has 2 aliphatic rings. The Hall–Kier alpha value is 0.270. The van der Waals surface area contributed by atoms with Crippen LogP contribution in [0.2, 0.25) is 0 Å². The van der Waals surface area contributed by atoms with Crippen molar-refractivity contribution in [2.24, 2.45) is 5.92 Å². The number of piperidine rings is 1. The second-order valence-electron chi connectivity index (χ2n) is 3.47. The van der Waals surface area contributed by atoms with Crippen LogP contribution < -0.4 is 5.32 Å². The molecule has 2 atom stereocenters. The van der Waals surface area contributed by atoms with Gasteiger partial charge in [0.1, 0.15) is 0 Å². The van der Waals surface area contributed by atoms with E-state index < -0.39 is 0 Å². The molecule has 64 valence electrons. The summed E-state index contributed by atoms with van der Waals surface area (Å²) in [6, 6.07) is 0.802. The van der Waals surface area contributed by atoms with Crippen LogP contribution in [-0.4, -0.2) is 36.2 Å². The smallest absolute Gasteiger partial charge is 0.0246 e.